The molecule has 0 fully saturated rings. The first-order valence-electron chi connectivity index (χ1n) is 6.70. The van der Waals surface area contributed by atoms with Gasteiger partial charge in [-0.15, -0.1) is 0 Å². The Kier molecular flexibility index (Phi) is 4.02. The monoisotopic (exact) mass is 289 g/mol. The van der Waals surface area contributed by atoms with Crippen LogP contribution in [0.4, 0.5) is 4.79 Å². The van der Waals surface area contributed by atoms with Gasteiger partial charge >= 0.3 is 6.09 Å². The van der Waals surface area contributed by atoms with Gasteiger partial charge in [0.25, 0.3) is 0 Å². The van der Waals surface area contributed by atoms with Crippen LogP contribution in [-0.4, -0.2) is 29.9 Å². The minimum absolute atomic E-state index is 0.535. The molecule has 112 valence electrons. The Bertz CT molecular complexity index is 654. The highest BCUT2D eigenvalue weighted by atomic mass is 16.6. The zero-order valence-corrected chi connectivity index (χ0v) is 12.6. The molecule has 21 heavy (non-hydrogen) atoms. The number of ether oxygens (including phenoxy) is 1. The van der Waals surface area contributed by atoms with Crippen molar-refractivity contribution < 1.29 is 18.7 Å². The van der Waals surface area contributed by atoms with E-state index in [-0.39, 0.29) is 0 Å². The third-order valence-corrected chi connectivity index (χ3v) is 3.05. The molecule has 0 saturated carbocycles. The number of amides is 1. The maximum atomic E-state index is 12.1. The van der Waals surface area contributed by atoms with E-state index in [0.29, 0.717) is 5.56 Å². The first kappa shape index (κ1) is 15.1. The summed E-state index contributed by atoms with van der Waals surface area (Å²) in [6.07, 6.45) is 1.78. The summed E-state index contributed by atoms with van der Waals surface area (Å²) in [4.78, 5) is 24.8. The van der Waals surface area contributed by atoms with E-state index in [1.165, 1.54) is 4.90 Å². The van der Waals surface area contributed by atoms with Crippen LogP contribution in [0.15, 0.2) is 34.9 Å². The van der Waals surface area contributed by atoms with Gasteiger partial charge in [-0.25, -0.2) is 4.79 Å². The fourth-order valence-corrected chi connectivity index (χ4v) is 2.01. The second-order valence-corrected chi connectivity index (χ2v) is 5.89. The van der Waals surface area contributed by atoms with Crippen molar-refractivity contribution in [3.8, 4) is 0 Å². The molecular weight excluding hydrogens is 270 g/mol. The molecule has 5 heteroatoms. The van der Waals surface area contributed by atoms with Crippen LogP contribution in [0.5, 0.6) is 0 Å². The number of hydrogen-bond donors (Lipinski definition) is 0. The minimum atomic E-state index is -0.695. The van der Waals surface area contributed by atoms with Crippen LogP contribution in [0.1, 0.15) is 32.4 Å². The predicted molar refractivity (Wildman–Crippen MR) is 79.0 cm³/mol. The summed E-state index contributed by atoms with van der Waals surface area (Å²) in [5, 5.41) is 0.886. The first-order valence-corrected chi connectivity index (χ1v) is 6.70. The molecule has 0 aliphatic carbocycles. The molecule has 0 saturated heterocycles. The van der Waals surface area contributed by atoms with E-state index in [1.54, 1.807) is 46.2 Å². The number of carbonyl (C=O) groups is 2. The molecule has 1 aromatic heterocycles. The molecule has 1 heterocycles. The van der Waals surface area contributed by atoms with Crippen molar-refractivity contribution in [2.24, 2.45) is 0 Å². The van der Waals surface area contributed by atoms with E-state index >= 15 is 0 Å². The molecule has 0 N–H and O–H groups in total. The second kappa shape index (κ2) is 5.60. The fourth-order valence-electron chi connectivity index (χ4n) is 2.01. The second-order valence-electron chi connectivity index (χ2n) is 5.89. The lowest BCUT2D eigenvalue weighted by Gasteiger charge is -2.28. The number of rotatable bonds is 3. The van der Waals surface area contributed by atoms with Gasteiger partial charge < -0.3 is 13.9 Å². The van der Waals surface area contributed by atoms with Crippen molar-refractivity contribution in [3.05, 3.63) is 36.1 Å². The summed E-state index contributed by atoms with van der Waals surface area (Å²) in [7, 11) is 1.55. The summed E-state index contributed by atoms with van der Waals surface area (Å²) in [5.41, 5.74) is 0.850. The average molecular weight is 289 g/mol. The van der Waals surface area contributed by atoms with Gasteiger partial charge in [0.2, 0.25) is 0 Å². The maximum absolute atomic E-state index is 12.1. The van der Waals surface area contributed by atoms with Crippen LogP contribution in [0, 0.1) is 0 Å². The third kappa shape index (κ3) is 3.42. The quantitative estimate of drug-likeness (QED) is 0.811. The van der Waals surface area contributed by atoms with Gasteiger partial charge in [0.05, 0.1) is 6.26 Å². The molecular formula is C16H19NO4. The first-order chi connectivity index (χ1) is 9.81. The Hall–Kier alpha value is -2.30. The average Bonchev–Trinajstić information content (AvgIpc) is 2.84. The SMILES string of the molecule is CN(C(=O)OC(C)(C)C)C(C=O)c1ccc2occc2c1. The number of nitrogens with zero attached hydrogens (tertiary/aromatic N) is 1. The largest absolute Gasteiger partial charge is 0.464 e. The molecule has 1 atom stereocenters. The van der Waals surface area contributed by atoms with Crippen molar-refractivity contribution in [3.63, 3.8) is 0 Å². The Morgan fingerprint density at radius 2 is 2.05 bits per heavy atom. The van der Waals surface area contributed by atoms with Gasteiger partial charge in [-0.3, -0.25) is 4.90 Å². The molecule has 1 unspecified atom stereocenters. The molecule has 1 aromatic carbocycles. The van der Waals surface area contributed by atoms with E-state index in [1.807, 2.05) is 12.1 Å². The molecule has 0 spiro atoms. The number of likely N-dealkylation sites (N-methyl/N-ethyl adjacent to an activating group) is 1. The standard InChI is InChI=1S/C16H19NO4/c1-16(2,3)21-15(19)17(4)13(10-18)11-5-6-14-12(9-11)7-8-20-14/h5-10,13H,1-4H3. The summed E-state index contributed by atoms with van der Waals surface area (Å²) < 4.78 is 10.6. The van der Waals surface area contributed by atoms with Crippen molar-refractivity contribution in [2.75, 3.05) is 7.05 Å². The van der Waals surface area contributed by atoms with Crippen molar-refractivity contribution >= 4 is 23.3 Å². The molecule has 2 aromatic rings. The number of fused-ring (bicyclic) bond motifs is 1. The van der Waals surface area contributed by atoms with Crippen molar-refractivity contribution in [1.82, 2.24) is 4.90 Å². The lowest BCUT2D eigenvalue weighted by Crippen LogP contribution is -2.37. The third-order valence-electron chi connectivity index (χ3n) is 3.05. The van der Waals surface area contributed by atoms with Gasteiger partial charge in [0, 0.05) is 12.4 Å². The highest BCUT2D eigenvalue weighted by molar-refractivity contribution is 5.80. The Balaban J connectivity index is 2.25. The van der Waals surface area contributed by atoms with Crippen LogP contribution in [0.3, 0.4) is 0 Å². The maximum Gasteiger partial charge on any atom is 0.410 e. The Labute approximate surface area is 123 Å². The molecule has 2 rings (SSSR count). The lowest BCUT2D eigenvalue weighted by molar-refractivity contribution is -0.112. The summed E-state index contributed by atoms with van der Waals surface area (Å²) in [5.74, 6) is 0. The van der Waals surface area contributed by atoms with E-state index in [0.717, 1.165) is 17.3 Å². The van der Waals surface area contributed by atoms with Gasteiger partial charge in [-0.2, -0.15) is 0 Å². The summed E-state index contributed by atoms with van der Waals surface area (Å²) in [6, 6.07) is 6.50. The number of carbonyl (C=O) groups excluding carboxylic acids is 2. The topological polar surface area (TPSA) is 59.8 Å². The number of benzene rings is 1. The normalized spacial score (nSPS) is 13.0. The molecule has 0 radical (unpaired) electrons. The van der Waals surface area contributed by atoms with Gasteiger partial charge in [-0.05, 0) is 44.5 Å². The van der Waals surface area contributed by atoms with Gasteiger partial charge in [-0.1, -0.05) is 6.07 Å². The van der Waals surface area contributed by atoms with E-state index in [4.69, 9.17) is 9.15 Å². The summed E-state index contributed by atoms with van der Waals surface area (Å²) in [6.45, 7) is 5.35. The van der Waals surface area contributed by atoms with Crippen molar-refractivity contribution in [2.45, 2.75) is 32.4 Å². The van der Waals surface area contributed by atoms with E-state index < -0.39 is 17.7 Å². The number of furan rings is 1. The van der Waals surface area contributed by atoms with Crippen molar-refractivity contribution in [1.29, 1.82) is 0 Å². The number of hydrogen-bond acceptors (Lipinski definition) is 4. The highest BCUT2D eigenvalue weighted by Gasteiger charge is 2.26. The molecule has 0 aliphatic heterocycles. The lowest BCUT2D eigenvalue weighted by atomic mass is 10.1. The smallest absolute Gasteiger partial charge is 0.410 e. The van der Waals surface area contributed by atoms with Crippen LogP contribution in [0.2, 0.25) is 0 Å². The molecule has 1 amide bonds. The van der Waals surface area contributed by atoms with E-state index in [9.17, 15) is 9.59 Å². The minimum Gasteiger partial charge on any atom is -0.464 e. The molecule has 5 nitrogen and oxygen atoms in total. The Morgan fingerprint density at radius 3 is 2.67 bits per heavy atom. The predicted octanol–water partition coefficient (Wildman–Crippen LogP) is 3.54. The fraction of sp³-hybridized carbons (Fsp3) is 0.375. The van der Waals surface area contributed by atoms with E-state index in [2.05, 4.69) is 0 Å². The number of aldehydes is 1. The molecule has 0 bridgehead atoms. The van der Waals surface area contributed by atoms with Crippen LogP contribution < -0.4 is 0 Å². The van der Waals surface area contributed by atoms with Gasteiger partial charge in [0.15, 0.2) is 0 Å². The van der Waals surface area contributed by atoms with Crippen LogP contribution in [0.25, 0.3) is 11.0 Å². The van der Waals surface area contributed by atoms with Gasteiger partial charge in [0.1, 0.15) is 23.5 Å². The van der Waals surface area contributed by atoms with Crippen LogP contribution >= 0.6 is 0 Å². The zero-order valence-electron chi connectivity index (χ0n) is 12.6. The highest BCUT2D eigenvalue weighted by Crippen LogP contribution is 2.24. The summed E-state index contributed by atoms with van der Waals surface area (Å²) >= 11 is 0. The molecule has 0 aliphatic rings. The van der Waals surface area contributed by atoms with Crippen LogP contribution in [-0.2, 0) is 9.53 Å². The zero-order chi connectivity index (χ0) is 15.6. The Morgan fingerprint density at radius 1 is 1.33 bits per heavy atom.